The van der Waals surface area contributed by atoms with Gasteiger partial charge in [-0.1, -0.05) is 25.7 Å². The summed E-state index contributed by atoms with van der Waals surface area (Å²) in [6.45, 7) is 0. The van der Waals surface area contributed by atoms with Crippen molar-refractivity contribution in [3.8, 4) is 0 Å². The molecule has 1 aliphatic heterocycles. The molecule has 15 heavy (non-hydrogen) atoms. The number of fused-ring (bicyclic) bond motifs is 1. The standard InChI is InChI=1S/C11H19NO2S/c13-15(14,9-5-1-2-6-9)12-10-7-3-4-8-11(10)12/h9-11H,1-8H2/t10-,11+,12?. The molecule has 3 atom stereocenters. The van der Waals surface area contributed by atoms with Crippen LogP contribution in [0.1, 0.15) is 51.4 Å². The molecule has 3 fully saturated rings. The van der Waals surface area contributed by atoms with Crippen LogP contribution in [0.4, 0.5) is 0 Å². The van der Waals surface area contributed by atoms with Crippen LogP contribution in [0.15, 0.2) is 0 Å². The molecule has 0 bridgehead atoms. The molecular formula is C11H19NO2S. The van der Waals surface area contributed by atoms with Gasteiger partial charge >= 0.3 is 0 Å². The maximum Gasteiger partial charge on any atom is 0.217 e. The van der Waals surface area contributed by atoms with Crippen LogP contribution in [-0.2, 0) is 10.0 Å². The molecule has 2 aliphatic carbocycles. The van der Waals surface area contributed by atoms with Gasteiger partial charge in [-0.3, -0.25) is 0 Å². The number of hydrogen-bond acceptors (Lipinski definition) is 2. The number of rotatable bonds is 2. The zero-order valence-electron chi connectivity index (χ0n) is 9.06. The number of hydrogen-bond donors (Lipinski definition) is 0. The summed E-state index contributed by atoms with van der Waals surface area (Å²) >= 11 is 0. The summed E-state index contributed by atoms with van der Waals surface area (Å²) in [6, 6.07) is 0.786. The van der Waals surface area contributed by atoms with Crippen LogP contribution in [0.25, 0.3) is 0 Å². The normalized spacial score (nSPS) is 41.5. The molecule has 3 aliphatic rings. The second-order valence-electron chi connectivity index (χ2n) is 5.20. The Balaban J connectivity index is 1.76. The lowest BCUT2D eigenvalue weighted by Gasteiger charge is -2.12. The van der Waals surface area contributed by atoms with E-state index >= 15 is 0 Å². The van der Waals surface area contributed by atoms with Gasteiger partial charge in [-0.15, -0.1) is 0 Å². The SMILES string of the molecule is O=S(=O)(C1CCCC1)N1[C@@H]2CCCC[C@@H]21. The van der Waals surface area contributed by atoms with Crippen molar-refractivity contribution in [1.29, 1.82) is 0 Å². The molecule has 2 saturated carbocycles. The first-order valence-corrected chi connectivity index (χ1v) is 7.74. The van der Waals surface area contributed by atoms with E-state index in [9.17, 15) is 8.42 Å². The summed E-state index contributed by atoms with van der Waals surface area (Å²) in [5.41, 5.74) is 0. The van der Waals surface area contributed by atoms with Gasteiger partial charge in [0.05, 0.1) is 5.25 Å². The Morgan fingerprint density at radius 1 is 0.800 bits per heavy atom. The van der Waals surface area contributed by atoms with Gasteiger partial charge in [0.2, 0.25) is 10.0 Å². The van der Waals surface area contributed by atoms with Gasteiger partial charge in [0.15, 0.2) is 0 Å². The maximum absolute atomic E-state index is 12.3. The molecule has 0 aromatic carbocycles. The van der Waals surface area contributed by atoms with Crippen molar-refractivity contribution in [2.75, 3.05) is 0 Å². The monoisotopic (exact) mass is 229 g/mol. The molecule has 1 unspecified atom stereocenters. The Bertz CT molecular complexity index is 334. The second-order valence-corrected chi connectivity index (χ2v) is 7.32. The van der Waals surface area contributed by atoms with Crippen LogP contribution in [0.5, 0.6) is 0 Å². The van der Waals surface area contributed by atoms with Gasteiger partial charge < -0.3 is 0 Å². The van der Waals surface area contributed by atoms with Gasteiger partial charge in [0, 0.05) is 12.1 Å². The summed E-state index contributed by atoms with van der Waals surface area (Å²) in [6.07, 6.45) is 8.67. The van der Waals surface area contributed by atoms with E-state index in [1.54, 1.807) is 0 Å². The summed E-state index contributed by atoms with van der Waals surface area (Å²) in [5, 5.41) is -0.0388. The fraction of sp³-hybridized carbons (Fsp3) is 1.00. The first kappa shape index (κ1) is 10.1. The van der Waals surface area contributed by atoms with Gasteiger partial charge in [-0.2, -0.15) is 4.31 Å². The first-order valence-electron chi connectivity index (χ1n) is 6.23. The lowest BCUT2D eigenvalue weighted by molar-refractivity contribution is 0.528. The Morgan fingerprint density at radius 2 is 1.27 bits per heavy atom. The smallest absolute Gasteiger partial charge is 0.212 e. The molecule has 0 N–H and O–H groups in total. The molecule has 0 aromatic heterocycles. The van der Waals surface area contributed by atoms with E-state index in [-0.39, 0.29) is 5.25 Å². The predicted molar refractivity (Wildman–Crippen MR) is 59.1 cm³/mol. The molecule has 3 rings (SSSR count). The lowest BCUT2D eigenvalue weighted by atomic mass is 10.0. The van der Waals surface area contributed by atoms with E-state index in [1.807, 2.05) is 4.31 Å². The average Bonchev–Trinajstić information content (AvgIpc) is 2.71. The van der Waals surface area contributed by atoms with E-state index in [0.717, 1.165) is 38.5 Å². The van der Waals surface area contributed by atoms with Crippen molar-refractivity contribution < 1.29 is 8.42 Å². The van der Waals surface area contributed by atoms with Crippen LogP contribution in [0.3, 0.4) is 0 Å². The zero-order chi connectivity index (χ0) is 10.5. The van der Waals surface area contributed by atoms with Crippen molar-refractivity contribution in [3.05, 3.63) is 0 Å². The van der Waals surface area contributed by atoms with Crippen molar-refractivity contribution >= 4 is 10.0 Å². The van der Waals surface area contributed by atoms with E-state index in [2.05, 4.69) is 0 Å². The topological polar surface area (TPSA) is 37.1 Å². The lowest BCUT2D eigenvalue weighted by Crippen LogP contribution is -2.27. The quantitative estimate of drug-likeness (QED) is 0.678. The molecule has 1 saturated heterocycles. The molecule has 4 heteroatoms. The van der Waals surface area contributed by atoms with E-state index in [1.165, 1.54) is 12.8 Å². The Hall–Kier alpha value is -0.0900. The number of sulfonamides is 1. The van der Waals surface area contributed by atoms with Crippen LogP contribution >= 0.6 is 0 Å². The Labute approximate surface area is 91.9 Å². The predicted octanol–water partition coefficient (Wildman–Crippen LogP) is 1.89. The highest BCUT2D eigenvalue weighted by atomic mass is 32.2. The summed E-state index contributed by atoms with van der Waals surface area (Å²) < 4.78 is 26.4. The number of nitrogens with zero attached hydrogens (tertiary/aromatic N) is 1. The average molecular weight is 229 g/mol. The largest absolute Gasteiger partial charge is 0.217 e. The molecule has 3 nitrogen and oxygen atoms in total. The molecule has 86 valence electrons. The van der Waals surface area contributed by atoms with Gasteiger partial charge in [-0.05, 0) is 25.7 Å². The summed E-state index contributed by atoms with van der Waals surface area (Å²) in [5.74, 6) is 0. The third-order valence-electron chi connectivity index (χ3n) is 4.28. The third kappa shape index (κ3) is 1.53. The van der Waals surface area contributed by atoms with E-state index in [0.29, 0.717) is 12.1 Å². The maximum atomic E-state index is 12.3. The van der Waals surface area contributed by atoms with Crippen molar-refractivity contribution in [1.82, 2.24) is 4.31 Å². The Kier molecular flexibility index (Phi) is 2.32. The Morgan fingerprint density at radius 3 is 1.80 bits per heavy atom. The van der Waals surface area contributed by atoms with Crippen LogP contribution in [0.2, 0.25) is 0 Å². The summed E-state index contributed by atoms with van der Waals surface area (Å²) in [4.78, 5) is 0. The molecule has 0 amide bonds. The minimum atomic E-state index is -2.91. The van der Waals surface area contributed by atoms with Crippen molar-refractivity contribution in [3.63, 3.8) is 0 Å². The minimum absolute atomic E-state index is 0.0388. The molecule has 1 heterocycles. The van der Waals surface area contributed by atoms with Crippen LogP contribution < -0.4 is 0 Å². The highest BCUT2D eigenvalue weighted by Gasteiger charge is 2.57. The van der Waals surface area contributed by atoms with Gasteiger partial charge in [0.1, 0.15) is 0 Å². The highest BCUT2D eigenvalue weighted by molar-refractivity contribution is 7.90. The van der Waals surface area contributed by atoms with E-state index in [4.69, 9.17) is 0 Å². The minimum Gasteiger partial charge on any atom is -0.212 e. The first-order chi connectivity index (χ1) is 7.21. The molecule has 0 spiro atoms. The van der Waals surface area contributed by atoms with E-state index < -0.39 is 10.0 Å². The second kappa shape index (κ2) is 3.45. The van der Waals surface area contributed by atoms with Crippen molar-refractivity contribution in [2.45, 2.75) is 68.7 Å². The third-order valence-corrected chi connectivity index (χ3v) is 6.72. The fourth-order valence-corrected chi connectivity index (χ4v) is 5.86. The van der Waals surface area contributed by atoms with Gasteiger partial charge in [0.25, 0.3) is 0 Å². The van der Waals surface area contributed by atoms with Gasteiger partial charge in [-0.25, -0.2) is 8.42 Å². The molecule has 0 radical (unpaired) electrons. The highest BCUT2D eigenvalue weighted by Crippen LogP contribution is 2.45. The molecular weight excluding hydrogens is 210 g/mol. The van der Waals surface area contributed by atoms with Crippen molar-refractivity contribution in [2.24, 2.45) is 0 Å². The molecule has 0 aromatic rings. The van der Waals surface area contributed by atoms with Crippen LogP contribution in [0, 0.1) is 0 Å². The van der Waals surface area contributed by atoms with Crippen LogP contribution in [-0.4, -0.2) is 30.1 Å². The fourth-order valence-electron chi connectivity index (χ4n) is 3.39. The zero-order valence-corrected chi connectivity index (χ0v) is 9.88. The summed E-state index contributed by atoms with van der Waals surface area (Å²) in [7, 11) is -2.91.